The Balaban J connectivity index is 1.63. The van der Waals surface area contributed by atoms with E-state index in [-0.39, 0.29) is 17.4 Å². The third kappa shape index (κ3) is 5.71. The summed E-state index contributed by atoms with van der Waals surface area (Å²) in [6.45, 7) is 3.04. The first kappa shape index (κ1) is 25.3. The Morgan fingerprint density at radius 2 is 1.72 bits per heavy atom. The summed E-state index contributed by atoms with van der Waals surface area (Å²) in [5.74, 6) is -0.851. The Kier molecular flexibility index (Phi) is 7.64. The van der Waals surface area contributed by atoms with Crippen molar-refractivity contribution in [1.29, 1.82) is 0 Å². The highest BCUT2D eigenvalue weighted by atomic mass is 35.5. The van der Waals surface area contributed by atoms with Gasteiger partial charge < -0.3 is 0 Å². The molecule has 0 aliphatic carbocycles. The highest BCUT2D eigenvalue weighted by molar-refractivity contribution is 7.89. The molecule has 0 radical (unpaired) electrons. The maximum Gasteiger partial charge on any atom is 0.243 e. The number of anilines is 1. The van der Waals surface area contributed by atoms with Gasteiger partial charge in [0.25, 0.3) is 0 Å². The minimum atomic E-state index is -4.00. The number of nitrogens with one attached hydrogen (secondary N) is 1. The number of hydrogen-bond acceptors (Lipinski definition) is 4. The van der Waals surface area contributed by atoms with Crippen LogP contribution in [-0.2, 0) is 14.8 Å². The molecule has 1 aromatic heterocycles. The van der Waals surface area contributed by atoms with Crippen LogP contribution in [0.3, 0.4) is 0 Å². The summed E-state index contributed by atoms with van der Waals surface area (Å²) in [7, 11) is -4.00. The molecule has 0 spiro atoms. The van der Waals surface area contributed by atoms with Gasteiger partial charge in [-0.25, -0.2) is 17.8 Å². The number of amides is 1. The SMILES string of the molecule is C=CCN(CC(=O)Nc1nc(-c2ccccc2)cn1-c1ccc(F)cc1)S(=O)(=O)c1ccc(Cl)cc1. The van der Waals surface area contributed by atoms with Gasteiger partial charge in [0, 0.05) is 29.0 Å². The van der Waals surface area contributed by atoms with Gasteiger partial charge in [-0.3, -0.25) is 14.7 Å². The van der Waals surface area contributed by atoms with E-state index in [1.165, 1.54) is 42.5 Å². The lowest BCUT2D eigenvalue weighted by Crippen LogP contribution is -2.38. The fourth-order valence-corrected chi connectivity index (χ4v) is 4.98. The zero-order valence-corrected chi connectivity index (χ0v) is 20.6. The molecular formula is C26H22ClFN4O3S. The van der Waals surface area contributed by atoms with Crippen LogP contribution in [0, 0.1) is 5.82 Å². The average molecular weight is 525 g/mol. The molecule has 0 saturated heterocycles. The largest absolute Gasteiger partial charge is 0.294 e. The molecule has 10 heteroatoms. The number of carbonyl (C=O) groups excluding carboxylic acids is 1. The number of aromatic nitrogens is 2. The van der Waals surface area contributed by atoms with Crippen LogP contribution in [0.15, 0.2) is 103 Å². The number of rotatable bonds is 9. The van der Waals surface area contributed by atoms with Crippen LogP contribution in [0.1, 0.15) is 0 Å². The van der Waals surface area contributed by atoms with Crippen LogP contribution in [0.4, 0.5) is 10.3 Å². The maximum atomic E-state index is 13.5. The zero-order valence-electron chi connectivity index (χ0n) is 19.0. The van der Waals surface area contributed by atoms with Crippen molar-refractivity contribution in [1.82, 2.24) is 13.9 Å². The summed E-state index contributed by atoms with van der Waals surface area (Å²) in [4.78, 5) is 17.6. The number of hydrogen-bond donors (Lipinski definition) is 1. The normalized spacial score (nSPS) is 11.4. The Morgan fingerprint density at radius 1 is 1.06 bits per heavy atom. The van der Waals surface area contributed by atoms with Gasteiger partial charge in [0.05, 0.1) is 17.1 Å². The van der Waals surface area contributed by atoms with Crippen molar-refractivity contribution in [3.63, 3.8) is 0 Å². The lowest BCUT2D eigenvalue weighted by molar-refractivity contribution is -0.116. The first-order valence-corrected chi connectivity index (χ1v) is 12.7. The van der Waals surface area contributed by atoms with Gasteiger partial charge in [-0.2, -0.15) is 4.31 Å². The summed E-state index contributed by atoms with van der Waals surface area (Å²) < 4.78 is 42.4. The van der Waals surface area contributed by atoms with Gasteiger partial charge in [-0.05, 0) is 48.5 Å². The van der Waals surface area contributed by atoms with Crippen molar-refractivity contribution in [2.24, 2.45) is 0 Å². The van der Waals surface area contributed by atoms with Gasteiger partial charge in [-0.1, -0.05) is 48.0 Å². The number of imidazole rings is 1. The van der Waals surface area contributed by atoms with Crippen molar-refractivity contribution >= 4 is 33.5 Å². The van der Waals surface area contributed by atoms with E-state index in [0.717, 1.165) is 9.87 Å². The van der Waals surface area contributed by atoms with Gasteiger partial charge >= 0.3 is 0 Å². The number of sulfonamides is 1. The molecule has 3 aromatic carbocycles. The van der Waals surface area contributed by atoms with Crippen molar-refractivity contribution in [2.75, 3.05) is 18.4 Å². The Bertz CT molecular complexity index is 1470. The Hall–Kier alpha value is -3.79. The van der Waals surface area contributed by atoms with Gasteiger partial charge in [0.2, 0.25) is 21.9 Å². The van der Waals surface area contributed by atoms with Crippen LogP contribution in [0.25, 0.3) is 16.9 Å². The highest BCUT2D eigenvalue weighted by Gasteiger charge is 2.26. The van der Waals surface area contributed by atoms with E-state index < -0.39 is 28.3 Å². The monoisotopic (exact) mass is 524 g/mol. The van der Waals surface area contributed by atoms with Gasteiger partial charge in [0.1, 0.15) is 5.82 Å². The molecule has 0 atom stereocenters. The second-order valence-electron chi connectivity index (χ2n) is 7.75. The molecule has 0 aliphatic heterocycles. The number of halogens is 2. The molecule has 0 saturated carbocycles. The van der Waals surface area contributed by atoms with Gasteiger partial charge in [-0.15, -0.1) is 6.58 Å². The van der Waals surface area contributed by atoms with Crippen molar-refractivity contribution in [3.8, 4) is 16.9 Å². The Labute approximate surface area is 213 Å². The lowest BCUT2D eigenvalue weighted by atomic mass is 10.2. The molecular weight excluding hydrogens is 503 g/mol. The third-order valence-electron chi connectivity index (χ3n) is 5.24. The summed E-state index contributed by atoms with van der Waals surface area (Å²) >= 11 is 5.88. The quantitative estimate of drug-likeness (QED) is 0.307. The van der Waals surface area contributed by atoms with Crippen molar-refractivity contribution < 1.29 is 17.6 Å². The average Bonchev–Trinajstić information content (AvgIpc) is 3.28. The van der Waals surface area contributed by atoms with Crippen LogP contribution >= 0.6 is 11.6 Å². The van der Waals surface area contributed by atoms with Crippen molar-refractivity contribution in [2.45, 2.75) is 4.90 Å². The minimum absolute atomic E-state index is 0.000672. The number of carbonyl (C=O) groups is 1. The molecule has 1 amide bonds. The predicted molar refractivity (Wildman–Crippen MR) is 138 cm³/mol. The summed E-state index contributed by atoms with van der Waals surface area (Å²) in [6, 6.07) is 20.7. The smallest absolute Gasteiger partial charge is 0.243 e. The zero-order chi connectivity index (χ0) is 25.7. The van der Waals surface area contributed by atoms with Crippen LogP contribution in [-0.4, -0.2) is 41.3 Å². The van der Waals surface area contributed by atoms with Gasteiger partial charge in [0.15, 0.2) is 0 Å². The molecule has 1 N–H and O–H groups in total. The highest BCUT2D eigenvalue weighted by Crippen LogP contribution is 2.25. The first-order chi connectivity index (χ1) is 17.3. The molecule has 184 valence electrons. The van der Waals surface area contributed by atoms with Crippen LogP contribution in [0.2, 0.25) is 5.02 Å². The fraction of sp³-hybridized carbons (Fsp3) is 0.0769. The van der Waals surface area contributed by atoms with E-state index in [1.54, 1.807) is 22.9 Å². The van der Waals surface area contributed by atoms with E-state index in [0.29, 0.717) is 16.4 Å². The molecule has 4 aromatic rings. The molecule has 1 heterocycles. The summed E-state index contributed by atoms with van der Waals surface area (Å²) in [5.41, 5.74) is 1.96. The molecule has 0 aliphatic rings. The fourth-order valence-electron chi connectivity index (χ4n) is 3.49. The first-order valence-electron chi connectivity index (χ1n) is 10.8. The van der Waals surface area contributed by atoms with E-state index in [2.05, 4.69) is 16.9 Å². The summed E-state index contributed by atoms with van der Waals surface area (Å²) in [6.07, 6.45) is 3.11. The minimum Gasteiger partial charge on any atom is -0.294 e. The van der Waals surface area contributed by atoms with E-state index in [9.17, 15) is 17.6 Å². The Morgan fingerprint density at radius 3 is 2.36 bits per heavy atom. The maximum absolute atomic E-state index is 13.5. The second-order valence-corrected chi connectivity index (χ2v) is 10.1. The van der Waals surface area contributed by atoms with Crippen LogP contribution < -0.4 is 5.32 Å². The molecule has 0 bridgehead atoms. The number of benzene rings is 3. The van der Waals surface area contributed by atoms with E-state index in [1.807, 2.05) is 30.3 Å². The number of nitrogens with zero attached hydrogens (tertiary/aromatic N) is 3. The standard InChI is InChI=1S/C26H22ClFN4O3S/c1-2-16-31(36(34,35)23-14-8-20(27)9-15-23)18-25(33)30-26-29-24(19-6-4-3-5-7-19)17-32(26)22-12-10-21(28)11-13-22/h2-15,17H,1,16,18H2,(H,29,30,33). The molecule has 36 heavy (non-hydrogen) atoms. The predicted octanol–water partition coefficient (Wildman–Crippen LogP) is 5.15. The van der Waals surface area contributed by atoms with Crippen molar-refractivity contribution in [3.05, 3.63) is 109 Å². The molecule has 0 fully saturated rings. The molecule has 7 nitrogen and oxygen atoms in total. The van der Waals surface area contributed by atoms with E-state index >= 15 is 0 Å². The topological polar surface area (TPSA) is 84.3 Å². The molecule has 4 rings (SSSR count). The molecule has 0 unspecified atom stereocenters. The third-order valence-corrected chi connectivity index (χ3v) is 7.31. The second kappa shape index (κ2) is 10.9. The lowest BCUT2D eigenvalue weighted by Gasteiger charge is -2.20. The van der Waals surface area contributed by atoms with Crippen LogP contribution in [0.5, 0.6) is 0 Å². The summed E-state index contributed by atoms with van der Waals surface area (Å²) in [5, 5.41) is 3.09. The van der Waals surface area contributed by atoms with E-state index in [4.69, 9.17) is 11.6 Å².